The second kappa shape index (κ2) is 10.2. The topological polar surface area (TPSA) is 63.5 Å². The van der Waals surface area contributed by atoms with Crippen LogP contribution in [0.3, 0.4) is 0 Å². The monoisotopic (exact) mass is 473 g/mol. The van der Waals surface area contributed by atoms with E-state index in [0.29, 0.717) is 13.2 Å². The highest BCUT2D eigenvalue weighted by Crippen LogP contribution is 2.31. The van der Waals surface area contributed by atoms with Crippen LogP contribution in [0.15, 0.2) is 67.1 Å². The predicted octanol–water partition coefficient (Wildman–Crippen LogP) is 4.09. The van der Waals surface area contributed by atoms with Crippen LogP contribution in [-0.2, 0) is 28.9 Å². The lowest BCUT2D eigenvalue weighted by Gasteiger charge is -2.29. The summed E-state index contributed by atoms with van der Waals surface area (Å²) in [5.41, 5.74) is 5.81. The Morgan fingerprint density at radius 3 is 2.82 bits per heavy atom. The molecule has 3 heterocycles. The molecule has 2 aromatic heterocycles. The summed E-state index contributed by atoms with van der Waals surface area (Å²) in [5, 5.41) is 5.33. The lowest BCUT2D eigenvalue weighted by Crippen LogP contribution is -2.31. The molecule has 7 nitrogen and oxygen atoms in total. The van der Waals surface area contributed by atoms with Crippen LogP contribution >= 0.6 is 11.3 Å². The van der Waals surface area contributed by atoms with E-state index in [-0.39, 0.29) is 0 Å². The Bertz CT molecular complexity index is 1240. The zero-order valence-electron chi connectivity index (χ0n) is 19.1. The Labute approximate surface area is 203 Å². The number of carbonyl (C=O) groups is 1. The highest BCUT2D eigenvalue weighted by molar-refractivity contribution is 7.15. The third-order valence-corrected chi connectivity index (χ3v) is 7.15. The van der Waals surface area contributed by atoms with Gasteiger partial charge in [0.1, 0.15) is 0 Å². The maximum atomic E-state index is 11.5. The Hall–Kier alpha value is -3.49. The number of anilines is 2. The van der Waals surface area contributed by atoms with E-state index in [2.05, 4.69) is 46.4 Å². The highest BCUT2D eigenvalue weighted by Gasteiger charge is 2.20. The van der Waals surface area contributed by atoms with Crippen LogP contribution in [0.4, 0.5) is 10.8 Å². The summed E-state index contributed by atoms with van der Waals surface area (Å²) < 4.78 is 6.99. The number of fused-ring (bicyclic) bond motifs is 1. The summed E-state index contributed by atoms with van der Waals surface area (Å²) in [6.07, 6.45) is 8.42. The first kappa shape index (κ1) is 22.3. The van der Waals surface area contributed by atoms with E-state index in [1.807, 2.05) is 29.2 Å². The Balaban J connectivity index is 1.26. The molecule has 0 N–H and O–H groups in total. The molecular formula is C26H27N5O2S. The molecule has 0 fully saturated rings. The average Bonchev–Trinajstić information content (AvgIpc) is 3.57. The van der Waals surface area contributed by atoms with E-state index < -0.39 is 0 Å². The molecule has 1 aliphatic rings. The molecule has 1 aliphatic heterocycles. The zero-order chi connectivity index (χ0) is 23.3. The van der Waals surface area contributed by atoms with E-state index >= 15 is 0 Å². The van der Waals surface area contributed by atoms with Gasteiger partial charge in [0, 0.05) is 62.3 Å². The number of amides is 1. The molecule has 0 bridgehead atoms. The molecule has 0 saturated heterocycles. The van der Waals surface area contributed by atoms with Crippen LogP contribution in [0.1, 0.15) is 21.6 Å². The molecule has 0 saturated carbocycles. The van der Waals surface area contributed by atoms with Crippen molar-refractivity contribution in [3.63, 3.8) is 0 Å². The first-order chi connectivity index (χ1) is 16.7. The van der Waals surface area contributed by atoms with Crippen molar-refractivity contribution in [2.45, 2.75) is 19.4 Å². The minimum Gasteiger partial charge on any atom is -0.383 e. The standard InChI is InChI=1S/C26H27N5O2S/c1-33-14-13-30(19-32)24-8-5-21-9-12-29(18-22(21)16-24)26-27-17-25(34-26)15-20-3-6-23(7-4-20)31-11-2-10-28-31/h2-8,10-11,16-17,19H,9,12-15,18H2,1H3. The molecule has 0 radical (unpaired) electrons. The van der Waals surface area contributed by atoms with E-state index in [4.69, 9.17) is 9.72 Å². The van der Waals surface area contributed by atoms with Gasteiger partial charge in [-0.2, -0.15) is 5.10 Å². The van der Waals surface area contributed by atoms with E-state index in [0.717, 1.165) is 48.8 Å². The van der Waals surface area contributed by atoms with Gasteiger partial charge in [0.25, 0.3) is 0 Å². The number of methoxy groups -OCH3 is 1. The van der Waals surface area contributed by atoms with Gasteiger partial charge in [0.2, 0.25) is 6.41 Å². The lowest BCUT2D eigenvalue weighted by atomic mass is 9.99. The van der Waals surface area contributed by atoms with Crippen LogP contribution in [-0.4, -0.2) is 48.0 Å². The number of benzene rings is 2. The van der Waals surface area contributed by atoms with Crippen molar-refractivity contribution >= 4 is 28.6 Å². The molecule has 0 atom stereocenters. The molecule has 34 heavy (non-hydrogen) atoms. The first-order valence-electron chi connectivity index (χ1n) is 11.3. The second-order valence-electron chi connectivity index (χ2n) is 8.32. The lowest BCUT2D eigenvalue weighted by molar-refractivity contribution is -0.107. The molecular weight excluding hydrogens is 446 g/mol. The Kier molecular flexibility index (Phi) is 6.69. The number of rotatable bonds is 9. The average molecular weight is 474 g/mol. The van der Waals surface area contributed by atoms with E-state index in [9.17, 15) is 4.79 Å². The van der Waals surface area contributed by atoms with E-state index in [1.165, 1.54) is 21.6 Å². The number of hydrogen-bond acceptors (Lipinski definition) is 6. The summed E-state index contributed by atoms with van der Waals surface area (Å²) in [4.78, 5) is 21.5. The molecule has 174 valence electrons. The first-order valence-corrected chi connectivity index (χ1v) is 12.2. The maximum Gasteiger partial charge on any atom is 0.214 e. The van der Waals surface area contributed by atoms with Crippen LogP contribution in [0.25, 0.3) is 5.69 Å². The van der Waals surface area contributed by atoms with Crippen molar-refractivity contribution in [2.75, 3.05) is 36.6 Å². The van der Waals surface area contributed by atoms with Gasteiger partial charge in [-0.15, -0.1) is 11.3 Å². The van der Waals surface area contributed by atoms with Crippen LogP contribution < -0.4 is 9.80 Å². The molecule has 0 aliphatic carbocycles. The number of thiazole rings is 1. The largest absolute Gasteiger partial charge is 0.383 e. The fourth-order valence-electron chi connectivity index (χ4n) is 4.23. The number of carbonyl (C=O) groups excluding carboxylic acids is 1. The summed E-state index contributed by atoms with van der Waals surface area (Å²) in [6, 6.07) is 16.7. The van der Waals surface area contributed by atoms with Crippen LogP contribution in [0, 0.1) is 0 Å². The predicted molar refractivity (Wildman–Crippen MR) is 135 cm³/mol. The molecule has 4 aromatic rings. The van der Waals surface area contributed by atoms with Gasteiger partial charge in [-0.05, 0) is 53.4 Å². The van der Waals surface area contributed by atoms with Crippen molar-refractivity contribution in [1.82, 2.24) is 14.8 Å². The van der Waals surface area contributed by atoms with Gasteiger partial charge in [-0.3, -0.25) is 4.79 Å². The van der Waals surface area contributed by atoms with Gasteiger partial charge in [-0.25, -0.2) is 9.67 Å². The quantitative estimate of drug-likeness (QED) is 0.343. The summed E-state index contributed by atoms with van der Waals surface area (Å²) in [7, 11) is 1.65. The fourth-order valence-corrected chi connectivity index (χ4v) is 5.20. The van der Waals surface area contributed by atoms with Crippen molar-refractivity contribution < 1.29 is 9.53 Å². The van der Waals surface area contributed by atoms with Crippen molar-refractivity contribution in [2.24, 2.45) is 0 Å². The van der Waals surface area contributed by atoms with Crippen LogP contribution in [0.5, 0.6) is 0 Å². The number of aromatic nitrogens is 3. The molecule has 1 amide bonds. The molecule has 8 heteroatoms. The van der Waals surface area contributed by atoms with Gasteiger partial charge >= 0.3 is 0 Å². The van der Waals surface area contributed by atoms with Crippen molar-refractivity contribution in [3.8, 4) is 5.69 Å². The number of nitrogens with zero attached hydrogens (tertiary/aromatic N) is 5. The summed E-state index contributed by atoms with van der Waals surface area (Å²) >= 11 is 1.75. The van der Waals surface area contributed by atoms with Gasteiger partial charge < -0.3 is 14.5 Å². The minimum atomic E-state index is 0.510. The number of hydrogen-bond donors (Lipinski definition) is 0. The zero-order valence-corrected chi connectivity index (χ0v) is 19.9. The maximum absolute atomic E-state index is 11.5. The van der Waals surface area contributed by atoms with Gasteiger partial charge in [0.05, 0.1) is 12.3 Å². The van der Waals surface area contributed by atoms with Crippen molar-refractivity contribution in [1.29, 1.82) is 0 Å². The molecule has 2 aromatic carbocycles. The molecule has 5 rings (SSSR count). The van der Waals surface area contributed by atoms with E-state index in [1.54, 1.807) is 29.5 Å². The third kappa shape index (κ3) is 4.88. The summed E-state index contributed by atoms with van der Waals surface area (Å²) in [6.45, 7) is 2.79. The second-order valence-corrected chi connectivity index (χ2v) is 9.41. The SMILES string of the molecule is COCCN(C=O)c1ccc2c(c1)CN(c1ncc(Cc3ccc(-n4cccn4)cc3)s1)CC2. The minimum absolute atomic E-state index is 0.510. The summed E-state index contributed by atoms with van der Waals surface area (Å²) in [5.74, 6) is 0. The smallest absolute Gasteiger partial charge is 0.214 e. The van der Waals surface area contributed by atoms with Gasteiger partial charge in [0.15, 0.2) is 5.13 Å². The Morgan fingerprint density at radius 1 is 1.18 bits per heavy atom. The van der Waals surface area contributed by atoms with Crippen molar-refractivity contribution in [3.05, 3.63) is 88.7 Å². The molecule has 0 unspecified atom stereocenters. The molecule has 0 spiro atoms. The number of ether oxygens (including phenoxy) is 1. The normalized spacial score (nSPS) is 13.0. The highest BCUT2D eigenvalue weighted by atomic mass is 32.1. The fraction of sp³-hybridized carbons (Fsp3) is 0.269. The Morgan fingerprint density at radius 2 is 2.06 bits per heavy atom. The van der Waals surface area contributed by atoms with Crippen LogP contribution in [0.2, 0.25) is 0 Å². The third-order valence-electron chi connectivity index (χ3n) is 6.09. The van der Waals surface area contributed by atoms with Gasteiger partial charge in [-0.1, -0.05) is 18.2 Å².